The molecule has 0 bridgehead atoms. The minimum absolute atomic E-state index is 0.691. The summed E-state index contributed by atoms with van der Waals surface area (Å²) in [5, 5.41) is 0. The summed E-state index contributed by atoms with van der Waals surface area (Å²) in [5.74, 6) is 2.51. The molecule has 0 saturated heterocycles. The van der Waals surface area contributed by atoms with Gasteiger partial charge in [-0.3, -0.25) is 0 Å². The molecule has 1 aromatic heterocycles. The fourth-order valence-corrected chi connectivity index (χ4v) is 2.76. The Labute approximate surface area is 134 Å². The highest BCUT2D eigenvalue weighted by Gasteiger charge is 2.05. The van der Waals surface area contributed by atoms with Crippen molar-refractivity contribution in [3.05, 3.63) is 84.3 Å². The standard InChI is InChI=1S/C19H17NOS/c1-3-8-16(9-4-1)10-7-13-22-15-18-14-21-19(20-18)17-11-5-2-6-12-17/h1-12,14H,13,15H2/b10-7+. The molecule has 0 spiro atoms. The lowest BCUT2D eigenvalue weighted by molar-refractivity contribution is 0.573. The first-order valence-corrected chi connectivity index (χ1v) is 8.36. The van der Waals surface area contributed by atoms with Crippen LogP contribution in [0.5, 0.6) is 0 Å². The van der Waals surface area contributed by atoms with E-state index in [4.69, 9.17) is 4.42 Å². The first-order chi connectivity index (χ1) is 10.9. The number of oxazole rings is 1. The molecule has 3 rings (SSSR count). The van der Waals surface area contributed by atoms with Crippen LogP contribution >= 0.6 is 11.8 Å². The molecule has 0 aliphatic heterocycles. The van der Waals surface area contributed by atoms with Crippen LogP contribution in [0.25, 0.3) is 17.5 Å². The molecule has 2 aromatic carbocycles. The van der Waals surface area contributed by atoms with Crippen LogP contribution < -0.4 is 0 Å². The van der Waals surface area contributed by atoms with Gasteiger partial charge >= 0.3 is 0 Å². The van der Waals surface area contributed by atoms with Gasteiger partial charge < -0.3 is 4.42 Å². The second kappa shape index (κ2) is 7.66. The molecule has 2 nitrogen and oxygen atoms in total. The number of thioether (sulfide) groups is 1. The number of benzene rings is 2. The van der Waals surface area contributed by atoms with Crippen LogP contribution in [-0.2, 0) is 5.75 Å². The van der Waals surface area contributed by atoms with Gasteiger partial charge in [0.1, 0.15) is 6.26 Å². The highest BCUT2D eigenvalue weighted by atomic mass is 32.2. The molecule has 3 heteroatoms. The summed E-state index contributed by atoms with van der Waals surface area (Å²) in [5.41, 5.74) is 3.23. The van der Waals surface area contributed by atoms with Gasteiger partial charge in [-0.1, -0.05) is 60.7 Å². The molecule has 0 N–H and O–H groups in total. The van der Waals surface area contributed by atoms with Crippen LogP contribution in [0.2, 0.25) is 0 Å². The van der Waals surface area contributed by atoms with Gasteiger partial charge in [-0.05, 0) is 17.7 Å². The minimum Gasteiger partial charge on any atom is -0.444 e. The number of hydrogen-bond donors (Lipinski definition) is 0. The number of aromatic nitrogens is 1. The number of nitrogens with zero attached hydrogens (tertiary/aromatic N) is 1. The van der Waals surface area contributed by atoms with Crippen LogP contribution in [0.4, 0.5) is 0 Å². The van der Waals surface area contributed by atoms with Crippen molar-refractivity contribution >= 4 is 17.8 Å². The maximum atomic E-state index is 5.53. The zero-order valence-electron chi connectivity index (χ0n) is 12.2. The summed E-state index contributed by atoms with van der Waals surface area (Å²) < 4.78 is 5.53. The first kappa shape index (κ1) is 14.7. The Morgan fingerprint density at radius 1 is 0.955 bits per heavy atom. The lowest BCUT2D eigenvalue weighted by atomic mass is 10.2. The van der Waals surface area contributed by atoms with Crippen LogP contribution in [-0.4, -0.2) is 10.7 Å². The van der Waals surface area contributed by atoms with Crippen molar-refractivity contribution < 1.29 is 4.42 Å². The average Bonchev–Trinajstić information content (AvgIpc) is 3.05. The van der Waals surface area contributed by atoms with Crippen molar-refractivity contribution in [3.8, 4) is 11.5 Å². The number of rotatable bonds is 6. The van der Waals surface area contributed by atoms with Crippen molar-refractivity contribution in [2.24, 2.45) is 0 Å². The van der Waals surface area contributed by atoms with Crippen molar-refractivity contribution in [2.75, 3.05) is 5.75 Å². The lowest BCUT2D eigenvalue weighted by Crippen LogP contribution is -1.82. The zero-order chi connectivity index (χ0) is 15.0. The summed E-state index contributed by atoms with van der Waals surface area (Å²) in [7, 11) is 0. The highest BCUT2D eigenvalue weighted by Crippen LogP contribution is 2.20. The summed E-state index contributed by atoms with van der Waals surface area (Å²) in [6, 6.07) is 20.3. The third-order valence-corrected chi connectivity index (χ3v) is 4.07. The largest absolute Gasteiger partial charge is 0.444 e. The van der Waals surface area contributed by atoms with Gasteiger partial charge in [-0.25, -0.2) is 4.98 Å². The summed E-state index contributed by atoms with van der Waals surface area (Å²) in [6.07, 6.45) is 6.07. The van der Waals surface area contributed by atoms with E-state index >= 15 is 0 Å². The van der Waals surface area contributed by atoms with E-state index in [0.29, 0.717) is 5.89 Å². The Balaban J connectivity index is 1.48. The number of hydrogen-bond acceptors (Lipinski definition) is 3. The van der Waals surface area contributed by atoms with E-state index in [-0.39, 0.29) is 0 Å². The van der Waals surface area contributed by atoms with Crippen LogP contribution in [0.1, 0.15) is 11.3 Å². The molecule has 0 saturated carbocycles. The van der Waals surface area contributed by atoms with Crippen molar-refractivity contribution in [3.63, 3.8) is 0 Å². The molecular formula is C19H17NOS. The second-order valence-corrected chi connectivity index (χ2v) is 5.87. The van der Waals surface area contributed by atoms with Gasteiger partial charge in [0.2, 0.25) is 5.89 Å². The van der Waals surface area contributed by atoms with Gasteiger partial charge in [0.25, 0.3) is 0 Å². The predicted octanol–water partition coefficient (Wildman–Crippen LogP) is 5.29. The van der Waals surface area contributed by atoms with E-state index in [2.05, 4.69) is 29.3 Å². The molecule has 110 valence electrons. The highest BCUT2D eigenvalue weighted by molar-refractivity contribution is 7.98. The van der Waals surface area contributed by atoms with Crippen LogP contribution in [0, 0.1) is 0 Å². The molecule has 0 unspecified atom stereocenters. The van der Waals surface area contributed by atoms with E-state index in [1.807, 2.05) is 60.3 Å². The Kier molecular flexibility index (Phi) is 5.11. The first-order valence-electron chi connectivity index (χ1n) is 7.21. The maximum Gasteiger partial charge on any atom is 0.226 e. The van der Waals surface area contributed by atoms with E-state index in [9.17, 15) is 0 Å². The Bertz CT molecular complexity index is 719. The topological polar surface area (TPSA) is 26.0 Å². The molecule has 3 aromatic rings. The fourth-order valence-electron chi connectivity index (χ4n) is 2.07. The van der Waals surface area contributed by atoms with Gasteiger partial charge in [0.15, 0.2) is 0 Å². The van der Waals surface area contributed by atoms with E-state index in [0.717, 1.165) is 22.8 Å². The SMILES string of the molecule is C(=C\c1ccccc1)/CSCc1coc(-c2ccccc2)n1. The summed E-state index contributed by atoms with van der Waals surface area (Å²) in [4.78, 5) is 4.52. The third-order valence-electron chi connectivity index (χ3n) is 3.15. The minimum atomic E-state index is 0.691. The summed E-state index contributed by atoms with van der Waals surface area (Å²) in [6.45, 7) is 0. The summed E-state index contributed by atoms with van der Waals surface area (Å²) >= 11 is 1.82. The van der Waals surface area contributed by atoms with Crippen LogP contribution in [0.15, 0.2) is 77.4 Å². The van der Waals surface area contributed by atoms with Gasteiger partial charge in [-0.2, -0.15) is 11.8 Å². The van der Waals surface area contributed by atoms with Gasteiger partial charge in [-0.15, -0.1) is 0 Å². The monoisotopic (exact) mass is 307 g/mol. The molecule has 1 heterocycles. The predicted molar refractivity (Wildman–Crippen MR) is 93.6 cm³/mol. The van der Waals surface area contributed by atoms with Crippen LogP contribution in [0.3, 0.4) is 0 Å². The van der Waals surface area contributed by atoms with Crippen molar-refractivity contribution in [2.45, 2.75) is 5.75 Å². The van der Waals surface area contributed by atoms with Crippen molar-refractivity contribution in [1.82, 2.24) is 4.98 Å². The van der Waals surface area contributed by atoms with E-state index < -0.39 is 0 Å². The quantitative estimate of drug-likeness (QED) is 0.579. The average molecular weight is 307 g/mol. The Hall–Kier alpha value is -2.26. The van der Waals surface area contributed by atoms with Crippen molar-refractivity contribution in [1.29, 1.82) is 0 Å². The van der Waals surface area contributed by atoms with E-state index in [1.165, 1.54) is 5.56 Å². The molecular weight excluding hydrogens is 290 g/mol. The molecule has 0 radical (unpaired) electrons. The molecule has 0 aliphatic carbocycles. The third kappa shape index (κ3) is 4.12. The Morgan fingerprint density at radius 2 is 1.68 bits per heavy atom. The van der Waals surface area contributed by atoms with Gasteiger partial charge in [0, 0.05) is 17.1 Å². The second-order valence-electron chi connectivity index (χ2n) is 4.84. The van der Waals surface area contributed by atoms with E-state index in [1.54, 1.807) is 6.26 Å². The Morgan fingerprint density at radius 3 is 2.45 bits per heavy atom. The van der Waals surface area contributed by atoms with Gasteiger partial charge in [0.05, 0.1) is 5.69 Å². The molecule has 0 aliphatic rings. The maximum absolute atomic E-state index is 5.53. The molecule has 22 heavy (non-hydrogen) atoms. The normalized spacial score (nSPS) is 11.1. The lowest BCUT2D eigenvalue weighted by Gasteiger charge is -1.94. The molecule has 0 atom stereocenters. The smallest absolute Gasteiger partial charge is 0.226 e. The molecule has 0 fully saturated rings. The fraction of sp³-hybridized carbons (Fsp3) is 0.105. The zero-order valence-corrected chi connectivity index (χ0v) is 13.0. The molecule has 0 amide bonds.